The van der Waals surface area contributed by atoms with Crippen molar-refractivity contribution in [3.05, 3.63) is 52.2 Å². The van der Waals surface area contributed by atoms with E-state index < -0.39 is 29.2 Å². The van der Waals surface area contributed by atoms with E-state index in [9.17, 15) is 29.1 Å². The van der Waals surface area contributed by atoms with E-state index in [1.165, 1.54) is 36.1 Å². The molecular formula is C27H30N6O7S3. The third-order valence-corrected chi connectivity index (χ3v) is 9.32. The first-order chi connectivity index (χ1) is 20.5. The van der Waals surface area contributed by atoms with Crippen LogP contribution in [0.25, 0.3) is 0 Å². The number of β-lactam (4-membered cyclic amide) rings is 1. The van der Waals surface area contributed by atoms with Crippen molar-refractivity contribution >= 4 is 80.2 Å². The van der Waals surface area contributed by atoms with Gasteiger partial charge in [-0.2, -0.15) is 0 Å². The fourth-order valence-corrected chi connectivity index (χ4v) is 7.00. The number of thiazole rings is 1. The first-order valence-electron chi connectivity index (χ1n) is 13.1. The van der Waals surface area contributed by atoms with Gasteiger partial charge in [-0.05, 0) is 36.1 Å². The van der Waals surface area contributed by atoms with E-state index in [2.05, 4.69) is 15.5 Å². The number of hydrogen-bond acceptors (Lipinski definition) is 12. The molecule has 0 unspecified atom stereocenters. The summed E-state index contributed by atoms with van der Waals surface area (Å²) in [4.78, 5) is 74.1. The van der Waals surface area contributed by atoms with Crippen LogP contribution in [0.5, 0.6) is 0 Å². The van der Waals surface area contributed by atoms with Gasteiger partial charge in [0.1, 0.15) is 29.9 Å². The summed E-state index contributed by atoms with van der Waals surface area (Å²) in [5, 5.41) is 17.4. The van der Waals surface area contributed by atoms with Crippen LogP contribution < -0.4 is 16.0 Å². The van der Waals surface area contributed by atoms with E-state index in [0.29, 0.717) is 23.6 Å². The number of hydrogen-bond donors (Lipinski definition) is 3. The monoisotopic (exact) mass is 646 g/mol. The molecular weight excluding hydrogens is 617 g/mol. The van der Waals surface area contributed by atoms with E-state index in [0.717, 1.165) is 35.1 Å². The molecule has 1 fully saturated rings. The number of thioether (sulfide) groups is 2. The van der Waals surface area contributed by atoms with Gasteiger partial charge in [0.15, 0.2) is 16.0 Å². The van der Waals surface area contributed by atoms with Crippen molar-refractivity contribution in [2.45, 2.75) is 38.1 Å². The number of nitrogens with one attached hydrogen (secondary N) is 1. The van der Waals surface area contributed by atoms with Crippen LogP contribution in [-0.2, 0) is 35.2 Å². The first-order valence-corrected chi connectivity index (χ1v) is 16.0. The molecule has 2 aliphatic rings. The van der Waals surface area contributed by atoms with Gasteiger partial charge in [0.25, 0.3) is 11.8 Å². The van der Waals surface area contributed by atoms with Crippen molar-refractivity contribution in [3.63, 3.8) is 0 Å². The number of aliphatic carboxylic acids is 1. The quantitative estimate of drug-likeness (QED) is 0.174. The molecule has 2 atom stereocenters. The first kappa shape index (κ1) is 32.0. The lowest BCUT2D eigenvalue weighted by atomic mass is 9.98. The van der Waals surface area contributed by atoms with Crippen LogP contribution in [0.15, 0.2) is 46.1 Å². The van der Waals surface area contributed by atoms with Crippen molar-refractivity contribution in [3.8, 4) is 0 Å². The molecule has 0 radical (unpaired) electrons. The summed E-state index contributed by atoms with van der Waals surface area (Å²) in [6, 6.07) is 6.24. The van der Waals surface area contributed by atoms with Crippen LogP contribution in [-0.4, -0.2) is 86.1 Å². The number of rotatable bonds is 12. The van der Waals surface area contributed by atoms with Gasteiger partial charge in [0.05, 0.1) is 5.75 Å². The summed E-state index contributed by atoms with van der Waals surface area (Å²) in [5.74, 6) is -2.29. The fourth-order valence-electron chi connectivity index (χ4n) is 4.62. The van der Waals surface area contributed by atoms with Crippen molar-refractivity contribution < 1.29 is 33.9 Å². The molecule has 4 N–H and O–H groups in total. The molecule has 43 heavy (non-hydrogen) atoms. The van der Waals surface area contributed by atoms with Crippen molar-refractivity contribution in [2.24, 2.45) is 5.16 Å². The number of nitrogen functional groups attached to an aromatic ring is 1. The number of carboxylic acid groups (broad SMARTS) is 1. The second kappa shape index (κ2) is 14.1. The Morgan fingerprint density at radius 3 is 2.58 bits per heavy atom. The zero-order valence-electron chi connectivity index (χ0n) is 23.6. The van der Waals surface area contributed by atoms with Gasteiger partial charge in [0.2, 0.25) is 5.91 Å². The highest BCUT2D eigenvalue weighted by Crippen LogP contribution is 2.41. The molecule has 1 aromatic carbocycles. The Labute approximate surface area is 259 Å². The van der Waals surface area contributed by atoms with Crippen molar-refractivity contribution in [1.82, 2.24) is 15.2 Å². The number of amides is 3. The summed E-state index contributed by atoms with van der Waals surface area (Å²) in [5.41, 5.74) is 7.64. The average Bonchev–Trinajstić information content (AvgIpc) is 3.41. The Morgan fingerprint density at radius 1 is 1.28 bits per heavy atom. The number of carbonyl (C=O) groups excluding carboxylic acids is 4. The van der Waals surface area contributed by atoms with E-state index in [1.54, 1.807) is 17.0 Å². The van der Waals surface area contributed by atoms with Gasteiger partial charge >= 0.3 is 5.97 Å². The maximum Gasteiger partial charge on any atom is 0.352 e. The highest BCUT2D eigenvalue weighted by Gasteiger charge is 2.54. The zero-order chi connectivity index (χ0) is 31.3. The van der Waals surface area contributed by atoms with Crippen molar-refractivity contribution in [2.75, 3.05) is 35.8 Å². The molecule has 3 heterocycles. The van der Waals surface area contributed by atoms with Gasteiger partial charge in [0, 0.05) is 30.3 Å². The Hall–Kier alpha value is -3.89. The molecule has 0 bridgehead atoms. The maximum absolute atomic E-state index is 13.1. The number of aromatic nitrogens is 1. The van der Waals surface area contributed by atoms with E-state index in [-0.39, 0.29) is 45.4 Å². The number of oxime groups is 1. The highest BCUT2D eigenvalue weighted by molar-refractivity contribution is 8.14. The summed E-state index contributed by atoms with van der Waals surface area (Å²) < 4.78 is 0. The lowest BCUT2D eigenvalue weighted by Gasteiger charge is -2.49. The molecule has 2 aromatic rings. The normalized spacial score (nSPS) is 18.1. The zero-order valence-corrected chi connectivity index (χ0v) is 26.0. The van der Waals surface area contributed by atoms with Crippen LogP contribution in [0.1, 0.15) is 31.5 Å². The fraction of sp³-hybridized carbons (Fsp3) is 0.370. The van der Waals surface area contributed by atoms with Crippen LogP contribution >= 0.6 is 34.9 Å². The molecule has 1 saturated heterocycles. The molecule has 13 nitrogen and oxygen atoms in total. The lowest BCUT2D eigenvalue weighted by Crippen LogP contribution is -2.71. The topological polar surface area (TPSA) is 185 Å². The third-order valence-electron chi connectivity index (χ3n) is 6.51. The van der Waals surface area contributed by atoms with E-state index in [1.807, 2.05) is 19.1 Å². The summed E-state index contributed by atoms with van der Waals surface area (Å²) in [6.45, 7) is 3.87. The van der Waals surface area contributed by atoms with Crippen LogP contribution in [0.2, 0.25) is 0 Å². The number of benzene rings is 1. The largest absolute Gasteiger partial charge is 0.477 e. The Bertz CT molecular complexity index is 1490. The molecule has 3 amide bonds. The highest BCUT2D eigenvalue weighted by atomic mass is 32.2. The Balaban J connectivity index is 1.48. The Kier molecular flexibility index (Phi) is 10.5. The number of nitrogens with zero attached hydrogens (tertiary/aromatic N) is 4. The minimum Gasteiger partial charge on any atom is -0.477 e. The number of fused-ring (bicyclic) bond motifs is 1. The van der Waals surface area contributed by atoms with Crippen LogP contribution in [0.3, 0.4) is 0 Å². The second-order valence-electron chi connectivity index (χ2n) is 9.48. The number of carboxylic acids is 1. The summed E-state index contributed by atoms with van der Waals surface area (Å²) in [6.07, 6.45) is 1.01. The Morgan fingerprint density at radius 2 is 2.00 bits per heavy atom. The molecule has 0 saturated carbocycles. The minimum atomic E-state index is -1.24. The molecule has 2 aliphatic heterocycles. The molecule has 228 valence electrons. The van der Waals surface area contributed by atoms with Gasteiger partial charge in [-0.15, -0.1) is 23.1 Å². The lowest BCUT2D eigenvalue weighted by molar-refractivity contribution is -0.150. The van der Waals surface area contributed by atoms with Crippen LogP contribution in [0.4, 0.5) is 10.8 Å². The van der Waals surface area contributed by atoms with Gasteiger partial charge in [-0.1, -0.05) is 36.0 Å². The minimum absolute atomic E-state index is 0.0512. The second-order valence-corrected chi connectivity index (χ2v) is 12.6. The standard InChI is InChI=1S/C27H30N6O7S3/c1-4-9-32(19(35)13-41-14(2)34)17-7-5-15(6-8-17)10-16-11-42-25-21(24(37)33(25)22(16)26(38)39)30-23(36)20(31-40-3)18-12-43-27(28)29-18/h5-8,12,21,25H,4,9-11,13H2,1-3H3,(H2,28,29)(H,30,36)(H,38,39)/t21-,25-/m1/s1. The number of anilines is 2. The average molecular weight is 647 g/mol. The third kappa shape index (κ3) is 7.19. The van der Waals surface area contributed by atoms with Crippen LogP contribution in [0, 0.1) is 0 Å². The predicted molar refractivity (Wildman–Crippen MR) is 166 cm³/mol. The molecule has 4 rings (SSSR count). The predicted octanol–water partition coefficient (Wildman–Crippen LogP) is 2.08. The molecule has 0 aliphatic carbocycles. The number of nitrogens with two attached hydrogens (primary N) is 1. The SMILES string of the molecule is CCCN(C(=O)CSC(C)=O)c1ccc(CC2=C(C(=O)O)N3C(=O)[C@@H](NC(=O)C(=NOC)c4csc(N)n4)[C@H]3SC2)cc1. The van der Waals surface area contributed by atoms with Gasteiger partial charge in [-0.25, -0.2) is 9.78 Å². The summed E-state index contributed by atoms with van der Waals surface area (Å²) >= 11 is 3.43. The van der Waals surface area contributed by atoms with E-state index in [4.69, 9.17) is 10.6 Å². The smallest absolute Gasteiger partial charge is 0.352 e. The molecule has 0 spiro atoms. The van der Waals surface area contributed by atoms with E-state index >= 15 is 0 Å². The molecule has 1 aromatic heterocycles. The summed E-state index contributed by atoms with van der Waals surface area (Å²) in [7, 11) is 1.27. The van der Waals surface area contributed by atoms with Gasteiger partial charge in [-0.3, -0.25) is 24.1 Å². The van der Waals surface area contributed by atoms with Gasteiger partial charge < -0.3 is 25.9 Å². The van der Waals surface area contributed by atoms with Crippen molar-refractivity contribution in [1.29, 1.82) is 0 Å². The maximum atomic E-state index is 13.1. The molecule has 16 heteroatoms. The number of carbonyl (C=O) groups is 5.